The van der Waals surface area contributed by atoms with Crippen LogP contribution >= 0.6 is 11.8 Å². The van der Waals surface area contributed by atoms with E-state index < -0.39 is 0 Å². The molecule has 0 aliphatic rings. The molecule has 0 atom stereocenters. The molecule has 0 bridgehead atoms. The van der Waals surface area contributed by atoms with Crippen LogP contribution in [0.3, 0.4) is 0 Å². The van der Waals surface area contributed by atoms with Gasteiger partial charge in [-0.3, -0.25) is 4.79 Å². The summed E-state index contributed by atoms with van der Waals surface area (Å²) in [6, 6.07) is 10.0. The van der Waals surface area contributed by atoms with Gasteiger partial charge in [-0.15, -0.1) is 11.8 Å². The van der Waals surface area contributed by atoms with Crippen LogP contribution in [-0.2, 0) is 9.53 Å². The fourth-order valence-electron chi connectivity index (χ4n) is 1.61. The smallest absolute Gasteiger partial charge is 0.223 e. The van der Waals surface area contributed by atoms with Crippen LogP contribution < -0.4 is 0 Å². The highest BCUT2D eigenvalue weighted by atomic mass is 32.2. The number of hydrogen-bond acceptors (Lipinski definition) is 4. The van der Waals surface area contributed by atoms with Gasteiger partial charge in [0.1, 0.15) is 0 Å². The lowest BCUT2D eigenvalue weighted by Crippen LogP contribution is -2.36. The third-order valence-corrected chi connectivity index (χ3v) is 3.63. The van der Waals surface area contributed by atoms with Crippen molar-refractivity contribution in [3.05, 3.63) is 30.3 Å². The van der Waals surface area contributed by atoms with Crippen molar-refractivity contribution in [2.24, 2.45) is 0 Å². The highest BCUT2D eigenvalue weighted by molar-refractivity contribution is 7.99. The number of thioether (sulfide) groups is 1. The van der Waals surface area contributed by atoms with Gasteiger partial charge in [-0.2, -0.15) is 0 Å². The quantitative estimate of drug-likeness (QED) is 0.700. The maximum absolute atomic E-state index is 12.0. The van der Waals surface area contributed by atoms with Crippen molar-refractivity contribution in [3.63, 3.8) is 0 Å². The number of amides is 1. The van der Waals surface area contributed by atoms with Crippen LogP contribution in [0.1, 0.15) is 6.42 Å². The summed E-state index contributed by atoms with van der Waals surface area (Å²) in [7, 11) is 1.60. The molecule has 106 valence electrons. The van der Waals surface area contributed by atoms with Crippen LogP contribution in [0.15, 0.2) is 35.2 Å². The predicted molar refractivity (Wildman–Crippen MR) is 77.3 cm³/mol. The molecule has 0 spiro atoms. The van der Waals surface area contributed by atoms with Gasteiger partial charge in [-0.1, -0.05) is 18.2 Å². The van der Waals surface area contributed by atoms with Gasteiger partial charge in [-0.25, -0.2) is 0 Å². The van der Waals surface area contributed by atoms with E-state index >= 15 is 0 Å². The Hall–Kier alpha value is -1.04. The van der Waals surface area contributed by atoms with E-state index in [-0.39, 0.29) is 12.5 Å². The second kappa shape index (κ2) is 9.83. The summed E-state index contributed by atoms with van der Waals surface area (Å²) >= 11 is 1.67. The number of ether oxygens (including phenoxy) is 1. The number of carbonyl (C=O) groups is 1. The maximum atomic E-state index is 12.0. The average molecular weight is 283 g/mol. The molecular weight excluding hydrogens is 262 g/mol. The lowest BCUT2D eigenvalue weighted by molar-refractivity contribution is -0.131. The van der Waals surface area contributed by atoms with Gasteiger partial charge in [0.2, 0.25) is 5.91 Å². The third kappa shape index (κ3) is 6.61. The molecule has 1 aromatic carbocycles. The molecule has 1 amide bonds. The molecule has 1 N–H and O–H groups in total. The summed E-state index contributed by atoms with van der Waals surface area (Å²) in [6.07, 6.45) is 0.475. The lowest BCUT2D eigenvalue weighted by atomic mass is 10.3. The van der Waals surface area contributed by atoms with Crippen molar-refractivity contribution in [1.29, 1.82) is 0 Å². The van der Waals surface area contributed by atoms with E-state index in [9.17, 15) is 4.79 Å². The minimum Gasteiger partial charge on any atom is -0.395 e. The maximum Gasteiger partial charge on any atom is 0.223 e. The van der Waals surface area contributed by atoms with Gasteiger partial charge in [0.05, 0.1) is 13.2 Å². The number of carbonyl (C=O) groups excluding carboxylic acids is 1. The number of nitrogens with zero attached hydrogens (tertiary/aromatic N) is 1. The normalized spacial score (nSPS) is 10.4. The Kier molecular flexibility index (Phi) is 8.29. The summed E-state index contributed by atoms with van der Waals surface area (Å²) in [5.41, 5.74) is 0. The Morgan fingerprint density at radius 1 is 1.32 bits per heavy atom. The van der Waals surface area contributed by atoms with E-state index in [2.05, 4.69) is 0 Å². The van der Waals surface area contributed by atoms with Crippen LogP contribution in [0.25, 0.3) is 0 Å². The molecular formula is C14H21NO3S. The Labute approximate surface area is 118 Å². The number of aliphatic hydroxyl groups is 1. The molecule has 5 heteroatoms. The highest BCUT2D eigenvalue weighted by Gasteiger charge is 2.12. The summed E-state index contributed by atoms with van der Waals surface area (Å²) < 4.78 is 4.96. The zero-order chi connectivity index (χ0) is 13.9. The van der Waals surface area contributed by atoms with E-state index in [0.29, 0.717) is 26.1 Å². The van der Waals surface area contributed by atoms with Gasteiger partial charge in [0.25, 0.3) is 0 Å². The molecule has 0 heterocycles. The fourth-order valence-corrected chi connectivity index (χ4v) is 2.48. The molecule has 0 unspecified atom stereocenters. The van der Waals surface area contributed by atoms with Crippen molar-refractivity contribution >= 4 is 17.7 Å². The van der Waals surface area contributed by atoms with Gasteiger partial charge in [0, 0.05) is 37.3 Å². The van der Waals surface area contributed by atoms with E-state index in [1.54, 1.807) is 23.8 Å². The number of rotatable bonds is 9. The van der Waals surface area contributed by atoms with E-state index in [4.69, 9.17) is 9.84 Å². The van der Waals surface area contributed by atoms with Crippen molar-refractivity contribution in [3.8, 4) is 0 Å². The van der Waals surface area contributed by atoms with Gasteiger partial charge in [0.15, 0.2) is 0 Å². The molecule has 0 fully saturated rings. The molecule has 0 saturated carbocycles. The zero-order valence-electron chi connectivity index (χ0n) is 11.2. The Morgan fingerprint density at radius 3 is 2.68 bits per heavy atom. The molecule has 0 radical (unpaired) electrons. The van der Waals surface area contributed by atoms with Crippen LogP contribution in [0.2, 0.25) is 0 Å². The van der Waals surface area contributed by atoms with E-state index in [0.717, 1.165) is 5.75 Å². The first-order valence-electron chi connectivity index (χ1n) is 6.33. The van der Waals surface area contributed by atoms with Gasteiger partial charge in [-0.05, 0) is 12.1 Å². The zero-order valence-corrected chi connectivity index (χ0v) is 12.1. The van der Waals surface area contributed by atoms with E-state index in [1.165, 1.54) is 4.90 Å². The summed E-state index contributed by atoms with van der Waals surface area (Å²) in [6.45, 7) is 1.39. The first-order valence-corrected chi connectivity index (χ1v) is 7.32. The number of aliphatic hydroxyl groups excluding tert-OH is 1. The Balaban J connectivity index is 2.31. The molecule has 19 heavy (non-hydrogen) atoms. The largest absolute Gasteiger partial charge is 0.395 e. The SMILES string of the molecule is COCCN(CCO)C(=O)CCSc1ccccc1. The monoisotopic (exact) mass is 283 g/mol. The molecule has 4 nitrogen and oxygen atoms in total. The second-order valence-corrected chi connectivity index (χ2v) is 5.18. The van der Waals surface area contributed by atoms with Crippen LogP contribution in [-0.4, -0.2) is 55.1 Å². The number of benzene rings is 1. The van der Waals surface area contributed by atoms with E-state index in [1.807, 2.05) is 30.3 Å². The topological polar surface area (TPSA) is 49.8 Å². The Bertz CT molecular complexity index is 359. The molecule has 0 aliphatic carbocycles. The molecule has 0 saturated heterocycles. The Morgan fingerprint density at radius 2 is 2.05 bits per heavy atom. The average Bonchev–Trinajstić information content (AvgIpc) is 2.44. The van der Waals surface area contributed by atoms with Crippen LogP contribution in [0.5, 0.6) is 0 Å². The van der Waals surface area contributed by atoms with Crippen molar-refractivity contribution < 1.29 is 14.6 Å². The van der Waals surface area contributed by atoms with Crippen LogP contribution in [0.4, 0.5) is 0 Å². The second-order valence-electron chi connectivity index (χ2n) is 4.01. The molecule has 0 aromatic heterocycles. The molecule has 1 rings (SSSR count). The highest BCUT2D eigenvalue weighted by Crippen LogP contribution is 2.18. The standard InChI is InChI=1S/C14H21NO3S/c1-18-11-9-15(8-10-16)14(17)7-12-19-13-5-3-2-4-6-13/h2-6,16H,7-12H2,1H3. The fraction of sp³-hybridized carbons (Fsp3) is 0.500. The van der Waals surface area contributed by atoms with Gasteiger partial charge >= 0.3 is 0 Å². The molecule has 0 aliphatic heterocycles. The minimum absolute atomic E-state index is 0.0126. The van der Waals surface area contributed by atoms with Gasteiger partial charge < -0.3 is 14.7 Å². The van der Waals surface area contributed by atoms with Crippen molar-refractivity contribution in [2.75, 3.05) is 39.2 Å². The summed E-state index contributed by atoms with van der Waals surface area (Å²) in [4.78, 5) is 14.8. The first kappa shape index (κ1) is 16.0. The lowest BCUT2D eigenvalue weighted by Gasteiger charge is -2.21. The van der Waals surface area contributed by atoms with Crippen LogP contribution in [0, 0.1) is 0 Å². The van der Waals surface area contributed by atoms with Crippen molar-refractivity contribution in [2.45, 2.75) is 11.3 Å². The number of hydrogen-bond donors (Lipinski definition) is 1. The predicted octanol–water partition coefficient (Wildman–Crippen LogP) is 1.64. The first-order chi connectivity index (χ1) is 9.27. The summed E-state index contributed by atoms with van der Waals surface area (Å²) in [5, 5.41) is 8.95. The minimum atomic E-state index is -0.0126. The van der Waals surface area contributed by atoms with Crippen molar-refractivity contribution in [1.82, 2.24) is 4.90 Å². The molecule has 1 aromatic rings. The summed E-state index contributed by atoms with van der Waals surface area (Å²) in [5.74, 6) is 0.812. The third-order valence-electron chi connectivity index (χ3n) is 2.62. The number of methoxy groups -OCH3 is 1.